The lowest BCUT2D eigenvalue weighted by atomic mass is 10.2. The van der Waals surface area contributed by atoms with Crippen LogP contribution in [-0.2, 0) is 4.74 Å². The molecule has 2 heterocycles. The second-order valence-corrected chi connectivity index (χ2v) is 6.51. The standard InChI is InChI=1S/C20H30N6O/c1-3-26(4-2)18-7-5-17(6-8-18)24-20-15-19(22-16-23-20)21-9-10-25-11-13-27-14-12-25/h5-8,15-16H,3-4,9-14H2,1-2H3,(H2,21,22,23,24). The highest BCUT2D eigenvalue weighted by Gasteiger charge is 2.09. The average Bonchev–Trinajstić information content (AvgIpc) is 2.71. The normalized spacial score (nSPS) is 14.7. The third-order valence-corrected chi connectivity index (χ3v) is 4.77. The summed E-state index contributed by atoms with van der Waals surface area (Å²) in [6.45, 7) is 11.9. The van der Waals surface area contributed by atoms with Crippen molar-refractivity contribution in [2.45, 2.75) is 13.8 Å². The molecule has 2 aromatic rings. The Morgan fingerprint density at radius 2 is 1.74 bits per heavy atom. The van der Waals surface area contributed by atoms with Crippen LogP contribution in [0, 0.1) is 0 Å². The van der Waals surface area contributed by atoms with E-state index in [9.17, 15) is 0 Å². The lowest BCUT2D eigenvalue weighted by Crippen LogP contribution is -2.39. The van der Waals surface area contributed by atoms with Crippen LogP contribution >= 0.6 is 0 Å². The fourth-order valence-electron chi connectivity index (χ4n) is 3.18. The number of aromatic nitrogens is 2. The molecular weight excluding hydrogens is 340 g/mol. The van der Waals surface area contributed by atoms with Crippen LogP contribution in [0.25, 0.3) is 0 Å². The monoisotopic (exact) mass is 370 g/mol. The largest absolute Gasteiger partial charge is 0.379 e. The van der Waals surface area contributed by atoms with Crippen LogP contribution in [0.1, 0.15) is 13.8 Å². The molecule has 0 spiro atoms. The van der Waals surface area contributed by atoms with E-state index in [1.165, 1.54) is 5.69 Å². The minimum Gasteiger partial charge on any atom is -0.379 e. The molecule has 1 aromatic carbocycles. The summed E-state index contributed by atoms with van der Waals surface area (Å²) < 4.78 is 5.38. The molecule has 0 atom stereocenters. The van der Waals surface area contributed by atoms with Crippen molar-refractivity contribution >= 4 is 23.0 Å². The summed E-state index contributed by atoms with van der Waals surface area (Å²) >= 11 is 0. The SMILES string of the molecule is CCN(CC)c1ccc(Nc2cc(NCCN3CCOCC3)ncn2)cc1. The Morgan fingerprint density at radius 1 is 1.04 bits per heavy atom. The number of rotatable bonds is 9. The summed E-state index contributed by atoms with van der Waals surface area (Å²) in [4.78, 5) is 13.4. The minimum absolute atomic E-state index is 0.787. The molecule has 0 bridgehead atoms. The number of nitrogens with zero attached hydrogens (tertiary/aromatic N) is 4. The Balaban J connectivity index is 1.52. The van der Waals surface area contributed by atoms with Crippen LogP contribution in [0.15, 0.2) is 36.7 Å². The van der Waals surface area contributed by atoms with E-state index >= 15 is 0 Å². The first-order valence-electron chi connectivity index (χ1n) is 9.76. The molecule has 3 rings (SSSR count). The van der Waals surface area contributed by atoms with Gasteiger partial charge in [-0.15, -0.1) is 0 Å². The van der Waals surface area contributed by atoms with Gasteiger partial charge >= 0.3 is 0 Å². The Morgan fingerprint density at radius 3 is 2.44 bits per heavy atom. The fraction of sp³-hybridized carbons (Fsp3) is 0.500. The van der Waals surface area contributed by atoms with Gasteiger partial charge in [0.1, 0.15) is 18.0 Å². The first kappa shape index (κ1) is 19.4. The molecule has 1 saturated heterocycles. The van der Waals surface area contributed by atoms with Gasteiger partial charge in [0.15, 0.2) is 0 Å². The zero-order valence-corrected chi connectivity index (χ0v) is 16.3. The van der Waals surface area contributed by atoms with Crippen LogP contribution in [0.3, 0.4) is 0 Å². The van der Waals surface area contributed by atoms with Crippen LogP contribution in [-0.4, -0.2) is 67.4 Å². The molecule has 146 valence electrons. The third kappa shape index (κ3) is 5.80. The van der Waals surface area contributed by atoms with Crippen molar-refractivity contribution in [3.05, 3.63) is 36.7 Å². The van der Waals surface area contributed by atoms with Crippen molar-refractivity contribution < 1.29 is 4.74 Å². The highest BCUT2D eigenvalue weighted by molar-refractivity contribution is 5.62. The van der Waals surface area contributed by atoms with E-state index < -0.39 is 0 Å². The fourth-order valence-corrected chi connectivity index (χ4v) is 3.18. The van der Waals surface area contributed by atoms with Crippen molar-refractivity contribution in [1.29, 1.82) is 0 Å². The Labute approximate surface area is 161 Å². The number of morpholine rings is 1. The lowest BCUT2D eigenvalue weighted by Gasteiger charge is -2.26. The summed E-state index contributed by atoms with van der Waals surface area (Å²) in [5.74, 6) is 1.62. The molecule has 0 unspecified atom stereocenters. The van der Waals surface area contributed by atoms with Gasteiger partial charge in [0.05, 0.1) is 13.2 Å². The van der Waals surface area contributed by atoms with Crippen LogP contribution in [0.5, 0.6) is 0 Å². The van der Waals surface area contributed by atoms with Gasteiger partial charge in [0.2, 0.25) is 0 Å². The van der Waals surface area contributed by atoms with Gasteiger partial charge in [0, 0.05) is 56.7 Å². The summed E-state index contributed by atoms with van der Waals surface area (Å²) in [5, 5.41) is 6.73. The van der Waals surface area contributed by atoms with Crippen molar-refractivity contribution in [2.24, 2.45) is 0 Å². The van der Waals surface area contributed by atoms with Crippen molar-refractivity contribution in [3.63, 3.8) is 0 Å². The van der Waals surface area contributed by atoms with Gasteiger partial charge in [-0.3, -0.25) is 4.90 Å². The van der Waals surface area contributed by atoms with Gasteiger partial charge in [0.25, 0.3) is 0 Å². The molecular formula is C20H30N6O. The van der Waals surface area contributed by atoms with E-state index in [4.69, 9.17) is 4.74 Å². The van der Waals surface area contributed by atoms with Crippen LogP contribution < -0.4 is 15.5 Å². The quantitative estimate of drug-likeness (QED) is 0.703. The first-order valence-corrected chi connectivity index (χ1v) is 9.76. The van der Waals surface area contributed by atoms with E-state index in [0.29, 0.717) is 0 Å². The minimum atomic E-state index is 0.787. The van der Waals surface area contributed by atoms with Gasteiger partial charge in [-0.1, -0.05) is 0 Å². The summed E-state index contributed by atoms with van der Waals surface area (Å²) in [7, 11) is 0. The highest BCUT2D eigenvalue weighted by atomic mass is 16.5. The number of nitrogens with one attached hydrogen (secondary N) is 2. The molecule has 1 aromatic heterocycles. The number of benzene rings is 1. The molecule has 1 fully saturated rings. The molecule has 0 saturated carbocycles. The Kier molecular flexibility index (Phi) is 7.24. The molecule has 2 N–H and O–H groups in total. The van der Waals surface area contributed by atoms with Gasteiger partial charge < -0.3 is 20.3 Å². The molecule has 0 amide bonds. The van der Waals surface area contributed by atoms with Crippen molar-refractivity contribution in [2.75, 3.05) is 68.0 Å². The summed E-state index contributed by atoms with van der Waals surface area (Å²) in [6, 6.07) is 10.4. The van der Waals surface area contributed by atoms with E-state index in [2.05, 4.69) is 68.5 Å². The van der Waals surface area contributed by atoms with E-state index in [0.717, 1.165) is 69.8 Å². The summed E-state index contributed by atoms with van der Waals surface area (Å²) in [6.07, 6.45) is 1.59. The lowest BCUT2D eigenvalue weighted by molar-refractivity contribution is 0.0398. The highest BCUT2D eigenvalue weighted by Crippen LogP contribution is 2.21. The number of anilines is 4. The van der Waals surface area contributed by atoms with Gasteiger partial charge in [-0.2, -0.15) is 0 Å². The Bertz CT molecular complexity index is 683. The average molecular weight is 371 g/mol. The molecule has 0 aliphatic carbocycles. The molecule has 7 heteroatoms. The van der Waals surface area contributed by atoms with E-state index in [1.807, 2.05) is 6.07 Å². The maximum absolute atomic E-state index is 5.38. The smallest absolute Gasteiger partial charge is 0.135 e. The summed E-state index contributed by atoms with van der Waals surface area (Å²) in [5.41, 5.74) is 2.25. The van der Waals surface area contributed by atoms with Crippen molar-refractivity contribution in [1.82, 2.24) is 14.9 Å². The topological polar surface area (TPSA) is 65.5 Å². The predicted molar refractivity (Wildman–Crippen MR) is 111 cm³/mol. The maximum Gasteiger partial charge on any atom is 0.135 e. The third-order valence-electron chi connectivity index (χ3n) is 4.77. The zero-order valence-electron chi connectivity index (χ0n) is 16.3. The van der Waals surface area contributed by atoms with E-state index in [1.54, 1.807) is 6.33 Å². The molecule has 27 heavy (non-hydrogen) atoms. The van der Waals surface area contributed by atoms with Crippen molar-refractivity contribution in [3.8, 4) is 0 Å². The second-order valence-electron chi connectivity index (χ2n) is 6.51. The molecule has 1 aliphatic heterocycles. The number of hydrogen-bond acceptors (Lipinski definition) is 7. The van der Waals surface area contributed by atoms with Crippen LogP contribution in [0.4, 0.5) is 23.0 Å². The first-order chi connectivity index (χ1) is 13.3. The number of ether oxygens (including phenoxy) is 1. The molecule has 7 nitrogen and oxygen atoms in total. The maximum atomic E-state index is 5.38. The molecule has 1 aliphatic rings. The van der Waals surface area contributed by atoms with E-state index in [-0.39, 0.29) is 0 Å². The predicted octanol–water partition coefficient (Wildman–Crippen LogP) is 2.81. The molecule has 0 radical (unpaired) electrons. The van der Waals surface area contributed by atoms with Gasteiger partial charge in [-0.25, -0.2) is 9.97 Å². The zero-order chi connectivity index (χ0) is 18.9. The second kappa shape index (κ2) is 10.1. The van der Waals surface area contributed by atoms with Crippen LogP contribution in [0.2, 0.25) is 0 Å². The Hall–Kier alpha value is -2.38. The van der Waals surface area contributed by atoms with Gasteiger partial charge in [-0.05, 0) is 38.1 Å². The number of hydrogen-bond donors (Lipinski definition) is 2.